The van der Waals surface area contributed by atoms with Crippen LogP contribution in [0.3, 0.4) is 0 Å². The summed E-state index contributed by atoms with van der Waals surface area (Å²) in [6.45, 7) is 2.29. The van der Waals surface area contributed by atoms with Gasteiger partial charge in [0.25, 0.3) is 5.56 Å². The van der Waals surface area contributed by atoms with Crippen LogP contribution in [0.15, 0.2) is 77.6 Å². The van der Waals surface area contributed by atoms with Gasteiger partial charge in [-0.3, -0.25) is 14.5 Å². The first kappa shape index (κ1) is 22.3. The number of amides is 1. The van der Waals surface area contributed by atoms with Crippen LogP contribution < -0.4 is 10.9 Å². The van der Waals surface area contributed by atoms with Gasteiger partial charge in [-0.1, -0.05) is 54.6 Å². The molecule has 0 spiro atoms. The van der Waals surface area contributed by atoms with Crippen molar-refractivity contribution in [3.8, 4) is 11.1 Å². The highest BCUT2D eigenvalue weighted by Gasteiger charge is 2.54. The van der Waals surface area contributed by atoms with Crippen LogP contribution in [0.25, 0.3) is 17.2 Å². The van der Waals surface area contributed by atoms with Crippen molar-refractivity contribution in [2.45, 2.75) is 25.6 Å². The lowest BCUT2D eigenvalue weighted by molar-refractivity contribution is -0.122. The van der Waals surface area contributed by atoms with Gasteiger partial charge in [0.1, 0.15) is 0 Å². The highest BCUT2D eigenvalue weighted by atomic mass is 16.3. The van der Waals surface area contributed by atoms with Crippen molar-refractivity contribution >= 4 is 17.7 Å². The van der Waals surface area contributed by atoms with Crippen molar-refractivity contribution in [2.75, 3.05) is 19.0 Å². The SMILES string of the molecule is C/C=C\c1ccc2n(c1=O)C[C@H]1[C@H](CO)[C@@H](C(=O)Nc3ccc(-c4ccccc4)cc3)N(C)[C@@H]21. The standard InChI is InChI=1S/C28H29N3O3/c1-3-7-20-12-15-24-25-22(16-31(24)28(20)34)23(17-32)26(30(25)2)27(33)29-21-13-10-19(11-14-21)18-8-5-4-6-9-18/h3-15,22-23,25-26,32H,16-17H2,1-2H3,(H,29,33)/b7-3-/t22-,23-,25+,26-/m0/s1. The molecule has 1 aromatic heterocycles. The van der Waals surface area contributed by atoms with Crippen LogP contribution in [-0.2, 0) is 11.3 Å². The first-order valence-electron chi connectivity index (χ1n) is 11.7. The number of nitrogens with zero attached hydrogens (tertiary/aromatic N) is 2. The van der Waals surface area contributed by atoms with Crippen LogP contribution in [0.5, 0.6) is 0 Å². The Morgan fingerprint density at radius 3 is 2.44 bits per heavy atom. The molecular weight excluding hydrogens is 426 g/mol. The minimum absolute atomic E-state index is 0.000220. The van der Waals surface area contributed by atoms with Crippen molar-refractivity contribution < 1.29 is 9.90 Å². The lowest BCUT2D eigenvalue weighted by Crippen LogP contribution is -2.44. The Bertz CT molecular complexity index is 1280. The molecule has 4 atom stereocenters. The number of carbonyl (C=O) groups excluding carboxylic acids is 1. The highest BCUT2D eigenvalue weighted by Crippen LogP contribution is 2.48. The topological polar surface area (TPSA) is 74.6 Å². The van der Waals surface area contributed by atoms with Crippen molar-refractivity contribution in [2.24, 2.45) is 11.8 Å². The van der Waals surface area contributed by atoms with Gasteiger partial charge >= 0.3 is 0 Å². The van der Waals surface area contributed by atoms with E-state index >= 15 is 0 Å². The molecule has 6 heteroatoms. The first-order valence-corrected chi connectivity index (χ1v) is 11.7. The number of likely N-dealkylation sites (N-methyl/N-ethyl adjacent to an activating group) is 1. The number of likely N-dealkylation sites (tertiary alicyclic amines) is 1. The van der Waals surface area contributed by atoms with Crippen LogP contribution in [0.1, 0.15) is 24.2 Å². The van der Waals surface area contributed by atoms with Gasteiger partial charge in [-0.15, -0.1) is 0 Å². The molecule has 3 aromatic rings. The van der Waals surface area contributed by atoms with E-state index in [9.17, 15) is 14.7 Å². The van der Waals surface area contributed by atoms with Crippen LogP contribution >= 0.6 is 0 Å². The number of aliphatic hydroxyl groups is 1. The largest absolute Gasteiger partial charge is 0.396 e. The average Bonchev–Trinajstić information content (AvgIpc) is 3.37. The summed E-state index contributed by atoms with van der Waals surface area (Å²) in [5.41, 5.74) is 4.47. The summed E-state index contributed by atoms with van der Waals surface area (Å²) < 4.78 is 1.81. The minimum Gasteiger partial charge on any atom is -0.396 e. The van der Waals surface area contributed by atoms with E-state index in [1.54, 1.807) is 4.57 Å². The zero-order chi connectivity index (χ0) is 23.8. The number of pyridine rings is 1. The minimum atomic E-state index is -0.479. The van der Waals surface area contributed by atoms with Crippen molar-refractivity contribution in [3.63, 3.8) is 0 Å². The number of rotatable bonds is 5. The third-order valence-corrected chi connectivity index (χ3v) is 7.26. The Kier molecular flexibility index (Phi) is 5.94. The number of hydrogen-bond donors (Lipinski definition) is 2. The molecule has 0 radical (unpaired) electrons. The van der Waals surface area contributed by atoms with Crippen LogP contribution in [0.2, 0.25) is 0 Å². The molecule has 1 fully saturated rings. The maximum Gasteiger partial charge on any atom is 0.258 e. The maximum absolute atomic E-state index is 13.4. The molecule has 0 bridgehead atoms. The molecule has 5 rings (SSSR count). The number of fused-ring (bicyclic) bond motifs is 3. The van der Waals surface area contributed by atoms with E-state index in [2.05, 4.69) is 17.4 Å². The first-order chi connectivity index (χ1) is 16.5. The summed E-state index contributed by atoms with van der Waals surface area (Å²) >= 11 is 0. The highest BCUT2D eigenvalue weighted by molar-refractivity contribution is 5.95. The average molecular weight is 456 g/mol. The van der Waals surface area contributed by atoms with E-state index in [0.717, 1.165) is 22.5 Å². The summed E-state index contributed by atoms with van der Waals surface area (Å²) in [5, 5.41) is 13.3. The number of allylic oxidation sites excluding steroid dienone is 1. The van der Waals surface area contributed by atoms with Crippen LogP contribution in [0.4, 0.5) is 5.69 Å². The zero-order valence-electron chi connectivity index (χ0n) is 19.4. The van der Waals surface area contributed by atoms with Gasteiger partial charge in [-0.25, -0.2) is 0 Å². The quantitative estimate of drug-likeness (QED) is 0.614. The predicted molar refractivity (Wildman–Crippen MR) is 134 cm³/mol. The Morgan fingerprint density at radius 1 is 1.06 bits per heavy atom. The molecular formula is C28H29N3O3. The maximum atomic E-state index is 13.4. The monoisotopic (exact) mass is 455 g/mol. The fourth-order valence-electron chi connectivity index (χ4n) is 5.69. The van der Waals surface area contributed by atoms with Crippen molar-refractivity contribution in [1.29, 1.82) is 0 Å². The molecule has 1 amide bonds. The summed E-state index contributed by atoms with van der Waals surface area (Å²) in [4.78, 5) is 28.3. The third-order valence-electron chi connectivity index (χ3n) is 7.26. The van der Waals surface area contributed by atoms with Gasteiger partial charge in [0, 0.05) is 41.9 Å². The Labute approximate surface area is 199 Å². The second kappa shape index (κ2) is 9.05. The second-order valence-corrected chi connectivity index (χ2v) is 9.13. The Hall–Kier alpha value is -3.48. The number of anilines is 1. The van der Waals surface area contributed by atoms with Gasteiger partial charge in [-0.2, -0.15) is 0 Å². The van der Waals surface area contributed by atoms with E-state index in [1.807, 2.05) is 85.6 Å². The number of carbonyl (C=O) groups is 1. The fourth-order valence-corrected chi connectivity index (χ4v) is 5.69. The summed E-state index contributed by atoms with van der Waals surface area (Å²) in [6.07, 6.45) is 3.67. The number of hydrogen-bond acceptors (Lipinski definition) is 4. The van der Waals surface area contributed by atoms with Crippen LogP contribution in [0, 0.1) is 11.8 Å². The van der Waals surface area contributed by atoms with Crippen LogP contribution in [-0.4, -0.2) is 40.2 Å². The van der Waals surface area contributed by atoms with E-state index in [1.165, 1.54) is 0 Å². The number of nitrogens with one attached hydrogen (secondary N) is 1. The normalized spacial score (nSPS) is 23.7. The second-order valence-electron chi connectivity index (χ2n) is 9.13. The molecule has 0 unspecified atom stereocenters. The molecule has 174 valence electrons. The van der Waals surface area contributed by atoms with Gasteiger partial charge < -0.3 is 15.0 Å². The number of benzene rings is 2. The number of aromatic nitrogens is 1. The van der Waals surface area contributed by atoms with Crippen molar-refractivity contribution in [1.82, 2.24) is 9.47 Å². The molecule has 34 heavy (non-hydrogen) atoms. The van der Waals surface area contributed by atoms with E-state index in [0.29, 0.717) is 12.1 Å². The van der Waals surface area contributed by atoms with Gasteiger partial charge in [0.15, 0.2) is 0 Å². The summed E-state index contributed by atoms with van der Waals surface area (Å²) in [6, 6.07) is 21.2. The van der Waals surface area contributed by atoms with Gasteiger partial charge in [-0.05, 0) is 49.4 Å². The predicted octanol–water partition coefficient (Wildman–Crippen LogP) is 3.78. The van der Waals surface area contributed by atoms with Gasteiger partial charge in [0.2, 0.25) is 5.91 Å². The molecule has 6 nitrogen and oxygen atoms in total. The Balaban J connectivity index is 1.37. The molecule has 2 aliphatic heterocycles. The molecule has 2 aromatic carbocycles. The zero-order valence-corrected chi connectivity index (χ0v) is 19.4. The molecule has 2 N–H and O–H groups in total. The third kappa shape index (κ3) is 3.69. The molecule has 2 aliphatic rings. The molecule has 3 heterocycles. The van der Waals surface area contributed by atoms with E-state index in [-0.39, 0.29) is 36.0 Å². The smallest absolute Gasteiger partial charge is 0.258 e. The molecule has 0 saturated carbocycles. The fraction of sp³-hybridized carbons (Fsp3) is 0.286. The Morgan fingerprint density at radius 2 is 1.76 bits per heavy atom. The summed E-state index contributed by atoms with van der Waals surface area (Å²) in [5.74, 6) is -0.398. The molecule has 1 saturated heterocycles. The molecule has 0 aliphatic carbocycles. The lowest BCUT2D eigenvalue weighted by Gasteiger charge is -2.27. The number of aliphatic hydroxyl groups excluding tert-OH is 1. The van der Waals surface area contributed by atoms with E-state index in [4.69, 9.17) is 0 Å². The van der Waals surface area contributed by atoms with E-state index < -0.39 is 6.04 Å². The van der Waals surface area contributed by atoms with Gasteiger partial charge in [0.05, 0.1) is 12.1 Å². The summed E-state index contributed by atoms with van der Waals surface area (Å²) in [7, 11) is 1.91. The van der Waals surface area contributed by atoms with Crippen molar-refractivity contribution in [3.05, 3.63) is 94.4 Å². The lowest BCUT2D eigenvalue weighted by atomic mass is 9.88.